The van der Waals surface area contributed by atoms with E-state index in [0.29, 0.717) is 18.1 Å². The van der Waals surface area contributed by atoms with Crippen molar-refractivity contribution in [3.63, 3.8) is 0 Å². The first-order chi connectivity index (χ1) is 17.7. The van der Waals surface area contributed by atoms with E-state index in [0.717, 1.165) is 74.4 Å². The molecule has 2 aromatic rings. The fourth-order valence-corrected chi connectivity index (χ4v) is 6.73. The third kappa shape index (κ3) is 4.84. The Labute approximate surface area is 220 Å². The standard InChI is InChI=1S/C30H40N4O3/c1-29(2,3)37-23-10-7-20(8-11-23)28(35)34-17-21-6-5-13-31-27(21)32-25-12-9-22(14-26(25)34)33-18-30(19-33)15-24(16-30)36-4/h5-6,9,12-14,20,23-24H,7-8,10-11,15-19H2,1-4H3,(H,31,32). The zero-order valence-corrected chi connectivity index (χ0v) is 22.6. The van der Waals surface area contributed by atoms with Gasteiger partial charge in [-0.2, -0.15) is 0 Å². The first-order valence-electron chi connectivity index (χ1n) is 13.8. The van der Waals surface area contributed by atoms with Crippen molar-refractivity contribution < 1.29 is 14.3 Å². The van der Waals surface area contributed by atoms with Crippen molar-refractivity contribution in [1.82, 2.24) is 4.98 Å². The van der Waals surface area contributed by atoms with Crippen LogP contribution in [0, 0.1) is 11.3 Å². The highest BCUT2D eigenvalue weighted by molar-refractivity contribution is 6.00. The fraction of sp³-hybridized carbons (Fsp3) is 0.600. The first kappa shape index (κ1) is 24.7. The number of carbonyl (C=O) groups is 1. The summed E-state index contributed by atoms with van der Waals surface area (Å²) in [6, 6.07) is 10.5. The number of nitrogens with one attached hydrogen (secondary N) is 1. The Morgan fingerprint density at radius 1 is 1.08 bits per heavy atom. The van der Waals surface area contributed by atoms with Crippen LogP contribution in [0.25, 0.3) is 0 Å². The summed E-state index contributed by atoms with van der Waals surface area (Å²) in [5.41, 5.74) is 4.39. The summed E-state index contributed by atoms with van der Waals surface area (Å²) in [6.07, 6.45) is 8.37. The lowest BCUT2D eigenvalue weighted by Crippen LogP contribution is -2.64. The molecule has 7 nitrogen and oxygen atoms in total. The molecule has 2 aliphatic heterocycles. The van der Waals surface area contributed by atoms with Crippen LogP contribution in [0.3, 0.4) is 0 Å². The van der Waals surface area contributed by atoms with E-state index in [2.05, 4.69) is 60.2 Å². The lowest BCUT2D eigenvalue weighted by molar-refractivity contribution is -0.126. The average molecular weight is 505 g/mol. The van der Waals surface area contributed by atoms with Gasteiger partial charge in [0.2, 0.25) is 5.91 Å². The minimum atomic E-state index is -0.149. The van der Waals surface area contributed by atoms with Gasteiger partial charge in [-0.1, -0.05) is 6.07 Å². The number of rotatable bonds is 4. The summed E-state index contributed by atoms with van der Waals surface area (Å²) in [7, 11) is 1.82. The van der Waals surface area contributed by atoms with Crippen molar-refractivity contribution in [2.45, 2.75) is 83.6 Å². The summed E-state index contributed by atoms with van der Waals surface area (Å²) in [5, 5.41) is 3.52. The Balaban J connectivity index is 1.23. The third-order valence-electron chi connectivity index (χ3n) is 8.63. The highest BCUT2D eigenvalue weighted by Gasteiger charge is 2.52. The van der Waals surface area contributed by atoms with Gasteiger partial charge >= 0.3 is 0 Å². The minimum absolute atomic E-state index is 0.0165. The van der Waals surface area contributed by atoms with Gasteiger partial charge in [0.05, 0.1) is 35.7 Å². The van der Waals surface area contributed by atoms with Gasteiger partial charge in [0.25, 0.3) is 0 Å². The molecule has 198 valence electrons. The molecule has 1 saturated heterocycles. The molecule has 4 aliphatic rings. The molecule has 3 fully saturated rings. The van der Waals surface area contributed by atoms with Crippen molar-refractivity contribution in [2.75, 3.05) is 35.3 Å². The number of ether oxygens (including phenoxy) is 2. The van der Waals surface area contributed by atoms with E-state index in [1.807, 2.05) is 18.1 Å². The molecule has 1 aromatic heterocycles. The molecule has 0 bridgehead atoms. The monoisotopic (exact) mass is 504 g/mol. The number of hydrogen-bond donors (Lipinski definition) is 1. The largest absolute Gasteiger partial charge is 0.381 e. The number of fused-ring (bicyclic) bond motifs is 2. The van der Waals surface area contributed by atoms with Gasteiger partial charge in [0, 0.05) is 49.0 Å². The Bertz CT molecular complexity index is 1150. The zero-order valence-electron chi connectivity index (χ0n) is 22.6. The number of amides is 1. The summed E-state index contributed by atoms with van der Waals surface area (Å²) in [6.45, 7) is 8.97. The SMILES string of the molecule is COC1CC2(C1)CN(c1ccc3c(c1)N(C(=O)C1CCC(OC(C)(C)C)CC1)Cc1cccnc1N3)C2. The van der Waals surface area contributed by atoms with Crippen LogP contribution >= 0.6 is 0 Å². The lowest BCUT2D eigenvalue weighted by atomic mass is 9.61. The van der Waals surface area contributed by atoms with E-state index in [-0.39, 0.29) is 23.5 Å². The molecular formula is C30H40N4O3. The van der Waals surface area contributed by atoms with Gasteiger partial charge in [0.15, 0.2) is 0 Å². The molecule has 3 heterocycles. The molecular weight excluding hydrogens is 464 g/mol. The molecule has 1 amide bonds. The molecule has 0 unspecified atom stereocenters. The second kappa shape index (κ2) is 9.28. The van der Waals surface area contributed by atoms with Crippen molar-refractivity contribution >= 4 is 28.8 Å². The number of nitrogens with zero attached hydrogens (tertiary/aromatic N) is 3. The first-order valence-corrected chi connectivity index (χ1v) is 13.8. The Morgan fingerprint density at radius 3 is 2.54 bits per heavy atom. The van der Waals surface area contributed by atoms with Crippen LogP contribution in [0.15, 0.2) is 36.5 Å². The van der Waals surface area contributed by atoms with Gasteiger partial charge in [0.1, 0.15) is 5.82 Å². The number of pyridine rings is 1. The number of carbonyl (C=O) groups excluding carboxylic acids is 1. The normalized spacial score (nSPS) is 24.9. The minimum Gasteiger partial charge on any atom is -0.381 e. The molecule has 2 saturated carbocycles. The van der Waals surface area contributed by atoms with Crippen LogP contribution in [-0.2, 0) is 20.8 Å². The van der Waals surface area contributed by atoms with E-state index < -0.39 is 0 Å². The number of benzene rings is 1. The summed E-state index contributed by atoms with van der Waals surface area (Å²) in [4.78, 5) is 23.1. The molecule has 7 heteroatoms. The van der Waals surface area contributed by atoms with Gasteiger partial charge in [-0.15, -0.1) is 0 Å². The summed E-state index contributed by atoms with van der Waals surface area (Å²) in [5.74, 6) is 1.06. The quantitative estimate of drug-likeness (QED) is 0.580. The fourth-order valence-electron chi connectivity index (χ4n) is 6.73. The van der Waals surface area contributed by atoms with E-state index in [4.69, 9.17) is 9.47 Å². The molecule has 6 rings (SSSR count). The Hall–Kier alpha value is -2.64. The van der Waals surface area contributed by atoms with Crippen LogP contribution in [0.4, 0.5) is 22.9 Å². The van der Waals surface area contributed by atoms with E-state index in [1.165, 1.54) is 5.69 Å². The van der Waals surface area contributed by atoms with Crippen LogP contribution in [0.1, 0.15) is 64.9 Å². The predicted octanol–water partition coefficient (Wildman–Crippen LogP) is 5.66. The van der Waals surface area contributed by atoms with Crippen molar-refractivity contribution in [1.29, 1.82) is 0 Å². The number of anilines is 4. The number of hydrogen-bond acceptors (Lipinski definition) is 6. The molecule has 1 N–H and O–H groups in total. The van der Waals surface area contributed by atoms with Crippen molar-refractivity contribution in [3.05, 3.63) is 42.1 Å². The number of aromatic nitrogens is 1. The van der Waals surface area contributed by atoms with Gasteiger partial charge in [-0.3, -0.25) is 4.79 Å². The third-order valence-corrected chi connectivity index (χ3v) is 8.63. The van der Waals surface area contributed by atoms with Crippen LogP contribution < -0.4 is 15.1 Å². The highest BCUT2D eigenvalue weighted by atomic mass is 16.5. The second-order valence-corrected chi connectivity index (χ2v) is 12.6. The van der Waals surface area contributed by atoms with E-state index in [1.54, 1.807) is 6.20 Å². The Kier molecular flexibility index (Phi) is 6.19. The van der Waals surface area contributed by atoms with Gasteiger partial charge in [-0.05, 0) is 83.6 Å². The van der Waals surface area contributed by atoms with E-state index >= 15 is 0 Å². The average Bonchev–Trinajstić information content (AvgIpc) is 2.98. The maximum absolute atomic E-state index is 14.1. The summed E-state index contributed by atoms with van der Waals surface area (Å²) < 4.78 is 11.7. The number of methoxy groups -OCH3 is 1. The smallest absolute Gasteiger partial charge is 0.230 e. The molecule has 2 aliphatic carbocycles. The summed E-state index contributed by atoms with van der Waals surface area (Å²) >= 11 is 0. The predicted molar refractivity (Wildman–Crippen MR) is 146 cm³/mol. The highest BCUT2D eigenvalue weighted by Crippen LogP contribution is 2.51. The molecule has 1 spiro atoms. The van der Waals surface area contributed by atoms with Crippen molar-refractivity contribution in [3.8, 4) is 0 Å². The molecule has 0 atom stereocenters. The Morgan fingerprint density at radius 2 is 1.84 bits per heavy atom. The van der Waals surface area contributed by atoms with E-state index in [9.17, 15) is 4.79 Å². The zero-order chi connectivity index (χ0) is 25.8. The van der Waals surface area contributed by atoms with Crippen molar-refractivity contribution in [2.24, 2.45) is 11.3 Å². The maximum Gasteiger partial charge on any atom is 0.230 e. The molecule has 37 heavy (non-hydrogen) atoms. The van der Waals surface area contributed by atoms with Crippen LogP contribution in [-0.4, -0.2) is 48.9 Å². The second-order valence-electron chi connectivity index (χ2n) is 12.6. The molecule has 1 aromatic carbocycles. The van der Waals surface area contributed by atoms with Gasteiger partial charge in [-0.25, -0.2) is 4.98 Å². The maximum atomic E-state index is 14.1. The lowest BCUT2D eigenvalue weighted by Gasteiger charge is -2.59. The topological polar surface area (TPSA) is 66.9 Å². The van der Waals surface area contributed by atoms with Gasteiger partial charge < -0.3 is 24.6 Å². The van der Waals surface area contributed by atoms with Crippen LogP contribution in [0.2, 0.25) is 0 Å². The molecule has 0 radical (unpaired) electrons. The van der Waals surface area contributed by atoms with Crippen LogP contribution in [0.5, 0.6) is 0 Å².